The van der Waals surface area contributed by atoms with Gasteiger partial charge in [-0.3, -0.25) is 4.79 Å². The molecule has 2 rings (SSSR count). The third-order valence-corrected chi connectivity index (χ3v) is 2.94. The average molecular weight is 274 g/mol. The number of nitrogens with two attached hydrogens (primary N) is 1. The second kappa shape index (κ2) is 5.61. The Morgan fingerprint density at radius 3 is 2.65 bits per heavy atom. The molecule has 0 unspecified atom stereocenters. The molecule has 0 aromatic heterocycles. The molecule has 0 bridgehead atoms. The molecule has 0 saturated carbocycles. The summed E-state index contributed by atoms with van der Waals surface area (Å²) < 4.78 is 18.1. The summed E-state index contributed by atoms with van der Waals surface area (Å²) in [5.41, 5.74) is 7.63. The first-order valence-corrected chi connectivity index (χ1v) is 6.02. The summed E-state index contributed by atoms with van der Waals surface area (Å²) in [6, 6.07) is 8.99. The highest BCUT2D eigenvalue weighted by molar-refractivity contribution is 6.08. The van der Waals surface area contributed by atoms with Crippen LogP contribution in [0.3, 0.4) is 0 Å². The van der Waals surface area contributed by atoms with E-state index < -0.39 is 0 Å². The van der Waals surface area contributed by atoms with E-state index in [4.69, 9.17) is 10.5 Å². The molecule has 0 radical (unpaired) electrons. The van der Waals surface area contributed by atoms with E-state index in [-0.39, 0.29) is 11.7 Å². The zero-order valence-corrected chi connectivity index (χ0v) is 11.2. The topological polar surface area (TPSA) is 64.3 Å². The number of hydrogen-bond donors (Lipinski definition) is 2. The van der Waals surface area contributed by atoms with E-state index >= 15 is 0 Å². The number of carbonyl (C=O) groups excluding carboxylic acids is 1. The van der Waals surface area contributed by atoms with Crippen LogP contribution in [0.1, 0.15) is 15.9 Å². The van der Waals surface area contributed by atoms with Crippen LogP contribution in [0.25, 0.3) is 0 Å². The molecule has 3 N–H and O–H groups in total. The second-order valence-electron chi connectivity index (χ2n) is 4.37. The Bertz CT molecular complexity index is 656. The van der Waals surface area contributed by atoms with Gasteiger partial charge in [-0.2, -0.15) is 0 Å². The highest BCUT2D eigenvalue weighted by Gasteiger charge is 2.12. The van der Waals surface area contributed by atoms with Gasteiger partial charge in [-0.05, 0) is 48.9 Å². The summed E-state index contributed by atoms with van der Waals surface area (Å²) >= 11 is 0. The smallest absolute Gasteiger partial charge is 0.257 e. The van der Waals surface area contributed by atoms with Crippen molar-refractivity contribution in [1.82, 2.24) is 0 Å². The average Bonchev–Trinajstić information content (AvgIpc) is 2.42. The number of halogens is 1. The number of nitrogens with one attached hydrogen (secondary N) is 1. The number of amides is 1. The lowest BCUT2D eigenvalue weighted by molar-refractivity contribution is 0.102. The number of ether oxygens (including phenoxy) is 1. The van der Waals surface area contributed by atoms with Crippen molar-refractivity contribution in [2.45, 2.75) is 6.92 Å². The van der Waals surface area contributed by atoms with E-state index in [1.165, 1.54) is 25.3 Å². The zero-order valence-electron chi connectivity index (χ0n) is 11.2. The fourth-order valence-corrected chi connectivity index (χ4v) is 1.82. The molecule has 1 amide bonds. The highest BCUT2D eigenvalue weighted by atomic mass is 19.1. The molecule has 4 nitrogen and oxygen atoms in total. The fourth-order valence-electron chi connectivity index (χ4n) is 1.82. The molecule has 0 saturated heterocycles. The molecule has 0 fully saturated rings. The van der Waals surface area contributed by atoms with Crippen LogP contribution in [-0.2, 0) is 0 Å². The Balaban J connectivity index is 2.28. The van der Waals surface area contributed by atoms with E-state index in [2.05, 4.69) is 5.32 Å². The van der Waals surface area contributed by atoms with Crippen LogP contribution in [0.2, 0.25) is 0 Å². The SMILES string of the molecule is COc1ccc(N)c(C(=O)Nc2ccc(F)cc2C)c1. The van der Waals surface area contributed by atoms with E-state index in [0.717, 1.165) is 0 Å². The Morgan fingerprint density at radius 1 is 1.25 bits per heavy atom. The van der Waals surface area contributed by atoms with Gasteiger partial charge >= 0.3 is 0 Å². The molecule has 2 aromatic carbocycles. The van der Waals surface area contributed by atoms with Crippen molar-refractivity contribution < 1.29 is 13.9 Å². The predicted molar refractivity (Wildman–Crippen MR) is 76.5 cm³/mol. The maximum Gasteiger partial charge on any atom is 0.257 e. The molecular formula is C15H15FN2O2. The summed E-state index contributed by atoms with van der Waals surface area (Å²) in [6.45, 7) is 1.72. The van der Waals surface area contributed by atoms with Crippen LogP contribution < -0.4 is 15.8 Å². The van der Waals surface area contributed by atoms with Crippen molar-refractivity contribution >= 4 is 17.3 Å². The van der Waals surface area contributed by atoms with E-state index in [1.54, 1.807) is 25.1 Å². The number of nitrogen functional groups attached to an aromatic ring is 1. The Kier molecular flexibility index (Phi) is 3.89. The Hall–Kier alpha value is -2.56. The van der Waals surface area contributed by atoms with Crippen molar-refractivity contribution in [2.75, 3.05) is 18.2 Å². The minimum absolute atomic E-state index is 0.313. The number of methoxy groups -OCH3 is 1. The van der Waals surface area contributed by atoms with Gasteiger partial charge in [-0.25, -0.2) is 4.39 Å². The van der Waals surface area contributed by atoms with Crippen LogP contribution in [0.4, 0.5) is 15.8 Å². The Labute approximate surface area is 116 Å². The maximum atomic E-state index is 13.0. The minimum atomic E-state index is -0.365. The first-order chi connectivity index (χ1) is 9.51. The van der Waals surface area contributed by atoms with Gasteiger partial charge in [0, 0.05) is 11.4 Å². The van der Waals surface area contributed by atoms with E-state index in [1.807, 2.05) is 0 Å². The van der Waals surface area contributed by atoms with Gasteiger partial charge < -0.3 is 15.8 Å². The number of rotatable bonds is 3. The predicted octanol–water partition coefficient (Wildman–Crippen LogP) is 2.98. The van der Waals surface area contributed by atoms with Gasteiger partial charge in [0.15, 0.2) is 0 Å². The van der Waals surface area contributed by atoms with Gasteiger partial charge in [0.2, 0.25) is 0 Å². The van der Waals surface area contributed by atoms with E-state index in [0.29, 0.717) is 28.3 Å². The van der Waals surface area contributed by atoms with Crippen LogP contribution in [-0.4, -0.2) is 13.0 Å². The first kappa shape index (κ1) is 13.9. The second-order valence-corrected chi connectivity index (χ2v) is 4.37. The summed E-state index contributed by atoms with van der Waals surface area (Å²) in [4.78, 5) is 12.2. The molecule has 0 aliphatic rings. The number of carbonyl (C=O) groups is 1. The molecule has 0 atom stereocenters. The lowest BCUT2D eigenvalue weighted by atomic mass is 10.1. The van der Waals surface area contributed by atoms with Crippen LogP contribution >= 0.6 is 0 Å². The van der Waals surface area contributed by atoms with Crippen LogP contribution in [0.15, 0.2) is 36.4 Å². The highest BCUT2D eigenvalue weighted by Crippen LogP contribution is 2.22. The number of benzene rings is 2. The lowest BCUT2D eigenvalue weighted by Crippen LogP contribution is -2.15. The third kappa shape index (κ3) is 2.88. The van der Waals surface area contributed by atoms with Crippen molar-refractivity contribution in [3.8, 4) is 5.75 Å². The van der Waals surface area contributed by atoms with Gasteiger partial charge in [0.25, 0.3) is 5.91 Å². The number of aryl methyl sites for hydroxylation is 1. The fraction of sp³-hybridized carbons (Fsp3) is 0.133. The molecule has 104 valence electrons. The van der Waals surface area contributed by atoms with Crippen LogP contribution in [0.5, 0.6) is 5.75 Å². The molecule has 0 aliphatic carbocycles. The molecule has 0 heterocycles. The van der Waals surface area contributed by atoms with E-state index in [9.17, 15) is 9.18 Å². The zero-order chi connectivity index (χ0) is 14.7. The molecule has 0 spiro atoms. The summed E-state index contributed by atoms with van der Waals surface area (Å²) in [5, 5.41) is 2.70. The largest absolute Gasteiger partial charge is 0.497 e. The summed E-state index contributed by atoms with van der Waals surface area (Å²) in [5.74, 6) is -0.169. The van der Waals surface area contributed by atoms with Crippen molar-refractivity contribution in [3.63, 3.8) is 0 Å². The first-order valence-electron chi connectivity index (χ1n) is 6.02. The molecular weight excluding hydrogens is 259 g/mol. The molecule has 20 heavy (non-hydrogen) atoms. The molecule has 0 aliphatic heterocycles. The van der Waals surface area contributed by atoms with Crippen molar-refractivity contribution in [3.05, 3.63) is 53.3 Å². The van der Waals surface area contributed by atoms with Gasteiger partial charge in [0.1, 0.15) is 11.6 Å². The summed E-state index contributed by atoms with van der Waals surface area (Å²) in [7, 11) is 1.51. The van der Waals surface area contributed by atoms with Gasteiger partial charge in [-0.15, -0.1) is 0 Å². The number of anilines is 2. The third-order valence-electron chi connectivity index (χ3n) is 2.94. The van der Waals surface area contributed by atoms with Crippen LogP contribution in [0, 0.1) is 12.7 Å². The molecule has 2 aromatic rings. The lowest BCUT2D eigenvalue weighted by Gasteiger charge is -2.11. The van der Waals surface area contributed by atoms with Gasteiger partial charge in [0.05, 0.1) is 12.7 Å². The normalized spacial score (nSPS) is 10.2. The quantitative estimate of drug-likeness (QED) is 0.846. The monoisotopic (exact) mass is 274 g/mol. The van der Waals surface area contributed by atoms with Crippen molar-refractivity contribution in [1.29, 1.82) is 0 Å². The van der Waals surface area contributed by atoms with Gasteiger partial charge in [-0.1, -0.05) is 0 Å². The summed E-state index contributed by atoms with van der Waals surface area (Å²) in [6.07, 6.45) is 0. The minimum Gasteiger partial charge on any atom is -0.497 e. The maximum absolute atomic E-state index is 13.0. The molecule has 5 heteroatoms. The van der Waals surface area contributed by atoms with Crippen molar-refractivity contribution in [2.24, 2.45) is 0 Å². The Morgan fingerprint density at radius 2 is 2.00 bits per heavy atom. The number of hydrogen-bond acceptors (Lipinski definition) is 3. The standard InChI is InChI=1S/C15H15FN2O2/c1-9-7-10(16)3-6-14(9)18-15(19)12-8-11(20-2)4-5-13(12)17/h3-8H,17H2,1-2H3,(H,18,19).